The summed E-state index contributed by atoms with van der Waals surface area (Å²) in [7, 11) is 0. The number of anilines is 1. The summed E-state index contributed by atoms with van der Waals surface area (Å²) in [6, 6.07) is 7.74. The van der Waals surface area contributed by atoms with E-state index < -0.39 is 5.97 Å². The van der Waals surface area contributed by atoms with Crippen LogP contribution in [0.4, 0.5) is 5.69 Å². The topological polar surface area (TPSA) is 54.3 Å². The summed E-state index contributed by atoms with van der Waals surface area (Å²) in [5, 5.41) is 9.82. The van der Waals surface area contributed by atoms with Crippen LogP contribution in [-0.2, 0) is 11.3 Å². The zero-order chi connectivity index (χ0) is 11.5. The van der Waals surface area contributed by atoms with E-state index in [1.807, 2.05) is 30.5 Å². The van der Waals surface area contributed by atoms with Crippen LogP contribution in [-0.4, -0.2) is 21.9 Å². The van der Waals surface area contributed by atoms with E-state index in [4.69, 9.17) is 5.11 Å². The fourth-order valence-corrected chi connectivity index (χ4v) is 2.10. The number of aliphatic carboxylic acids is 1. The lowest BCUT2D eigenvalue weighted by atomic mass is 10.2. The third kappa shape index (κ3) is 1.99. The van der Waals surface area contributed by atoms with Crippen molar-refractivity contribution in [3.05, 3.63) is 30.5 Å². The number of carbonyl (C=O) groups is 1. The molecule has 0 fully saturated rings. The Morgan fingerprint density at radius 2 is 2.31 bits per heavy atom. The lowest BCUT2D eigenvalue weighted by Crippen LogP contribution is -2.07. The Kier molecular flexibility index (Phi) is 3.05. The van der Waals surface area contributed by atoms with Gasteiger partial charge in [0.1, 0.15) is 6.54 Å². The van der Waals surface area contributed by atoms with Gasteiger partial charge in [-0.3, -0.25) is 4.79 Å². The molecular formula is C11H12N2O2S. The lowest BCUT2D eigenvalue weighted by molar-refractivity contribution is -0.137. The van der Waals surface area contributed by atoms with Crippen molar-refractivity contribution in [1.82, 2.24) is 4.57 Å². The van der Waals surface area contributed by atoms with Crippen LogP contribution in [0.15, 0.2) is 30.5 Å². The Morgan fingerprint density at radius 3 is 3.00 bits per heavy atom. The molecule has 0 saturated heterocycles. The molecule has 84 valence electrons. The number of aromatic nitrogens is 1. The molecule has 2 N–H and O–H groups in total. The number of rotatable bonds is 4. The molecule has 2 aromatic rings. The monoisotopic (exact) mass is 236 g/mol. The highest BCUT2D eigenvalue weighted by Crippen LogP contribution is 2.25. The summed E-state index contributed by atoms with van der Waals surface area (Å²) in [5.74, 6) is -0.833. The van der Waals surface area contributed by atoms with Gasteiger partial charge in [-0.25, -0.2) is 0 Å². The lowest BCUT2D eigenvalue weighted by Gasteiger charge is -2.05. The maximum Gasteiger partial charge on any atom is 0.323 e. The molecule has 0 radical (unpaired) electrons. The number of carboxylic acid groups (broad SMARTS) is 1. The normalized spacial score (nSPS) is 10.6. The number of benzene rings is 1. The average molecular weight is 236 g/mol. The predicted octanol–water partition coefficient (Wildman–Crippen LogP) is 2.42. The van der Waals surface area contributed by atoms with E-state index >= 15 is 0 Å². The Bertz CT molecular complexity index is 522. The fraction of sp³-hybridized carbons (Fsp3) is 0.182. The number of hydrogen-bond donors (Lipinski definition) is 2. The summed E-state index contributed by atoms with van der Waals surface area (Å²) < 4.78 is 4.90. The van der Waals surface area contributed by atoms with Gasteiger partial charge in [0.05, 0.1) is 11.2 Å². The van der Waals surface area contributed by atoms with Crippen LogP contribution in [0.5, 0.6) is 0 Å². The SMILES string of the molecule is CSNc1cccc2c1ccn2CC(=O)O. The van der Waals surface area contributed by atoms with Crippen molar-refractivity contribution in [2.24, 2.45) is 0 Å². The molecule has 2 rings (SSSR count). The largest absolute Gasteiger partial charge is 0.480 e. The number of fused-ring (bicyclic) bond motifs is 1. The highest BCUT2D eigenvalue weighted by atomic mass is 32.2. The van der Waals surface area contributed by atoms with Gasteiger partial charge in [-0.15, -0.1) is 0 Å². The number of carboxylic acids is 1. The zero-order valence-corrected chi connectivity index (χ0v) is 9.62. The zero-order valence-electron chi connectivity index (χ0n) is 8.80. The van der Waals surface area contributed by atoms with Gasteiger partial charge < -0.3 is 14.4 Å². The Morgan fingerprint density at radius 1 is 1.50 bits per heavy atom. The van der Waals surface area contributed by atoms with Crippen LogP contribution in [0.3, 0.4) is 0 Å². The summed E-state index contributed by atoms with van der Waals surface area (Å²) in [6.07, 6.45) is 3.75. The quantitative estimate of drug-likeness (QED) is 0.800. The first-order chi connectivity index (χ1) is 7.72. The molecule has 0 bridgehead atoms. The highest BCUT2D eigenvalue weighted by Gasteiger charge is 2.07. The van der Waals surface area contributed by atoms with Crippen LogP contribution in [0.25, 0.3) is 10.9 Å². The van der Waals surface area contributed by atoms with Gasteiger partial charge in [0, 0.05) is 17.8 Å². The van der Waals surface area contributed by atoms with E-state index in [-0.39, 0.29) is 6.54 Å². The van der Waals surface area contributed by atoms with Crippen molar-refractivity contribution >= 4 is 34.5 Å². The smallest absolute Gasteiger partial charge is 0.323 e. The van der Waals surface area contributed by atoms with Crippen LogP contribution in [0, 0.1) is 0 Å². The second-order valence-corrected chi connectivity index (χ2v) is 3.99. The van der Waals surface area contributed by atoms with Gasteiger partial charge in [0.2, 0.25) is 0 Å². The van der Waals surface area contributed by atoms with Gasteiger partial charge in [0.15, 0.2) is 0 Å². The van der Waals surface area contributed by atoms with Gasteiger partial charge in [0.25, 0.3) is 0 Å². The fourth-order valence-electron chi connectivity index (χ4n) is 1.71. The molecule has 0 saturated carbocycles. The first-order valence-electron chi connectivity index (χ1n) is 4.81. The number of nitrogens with one attached hydrogen (secondary N) is 1. The molecule has 4 nitrogen and oxygen atoms in total. The minimum atomic E-state index is -0.833. The molecule has 0 atom stereocenters. The van der Waals surface area contributed by atoms with Gasteiger partial charge in [-0.05, 0) is 18.2 Å². The van der Waals surface area contributed by atoms with Crippen molar-refractivity contribution in [2.45, 2.75) is 6.54 Å². The maximum absolute atomic E-state index is 10.7. The van der Waals surface area contributed by atoms with Gasteiger partial charge in [-0.1, -0.05) is 18.0 Å². The molecule has 5 heteroatoms. The summed E-state index contributed by atoms with van der Waals surface area (Å²) in [4.78, 5) is 10.7. The van der Waals surface area contributed by atoms with Crippen molar-refractivity contribution in [3.8, 4) is 0 Å². The van der Waals surface area contributed by atoms with E-state index in [0.717, 1.165) is 16.6 Å². The van der Waals surface area contributed by atoms with E-state index in [1.165, 1.54) is 11.9 Å². The van der Waals surface area contributed by atoms with Crippen LogP contribution in [0.1, 0.15) is 0 Å². The third-order valence-corrected chi connectivity index (χ3v) is 2.76. The minimum absolute atomic E-state index is 0.00772. The predicted molar refractivity (Wildman–Crippen MR) is 66.7 cm³/mol. The van der Waals surface area contributed by atoms with Gasteiger partial charge in [-0.2, -0.15) is 0 Å². The molecule has 0 spiro atoms. The summed E-state index contributed by atoms with van der Waals surface area (Å²) in [6.45, 7) is -0.00772. The molecule has 1 aromatic carbocycles. The highest BCUT2D eigenvalue weighted by molar-refractivity contribution is 7.99. The van der Waals surface area contributed by atoms with Crippen LogP contribution < -0.4 is 4.72 Å². The maximum atomic E-state index is 10.7. The van der Waals surface area contributed by atoms with E-state index in [9.17, 15) is 4.79 Å². The second-order valence-electron chi connectivity index (χ2n) is 3.38. The molecule has 16 heavy (non-hydrogen) atoms. The standard InChI is InChI=1S/C11H12N2O2S/c1-16-12-9-3-2-4-10-8(9)5-6-13(10)7-11(14)15/h2-6,12H,7H2,1H3,(H,14,15). The number of hydrogen-bond acceptors (Lipinski definition) is 3. The molecule has 1 aromatic heterocycles. The van der Waals surface area contributed by atoms with Crippen molar-refractivity contribution in [3.63, 3.8) is 0 Å². The minimum Gasteiger partial charge on any atom is -0.480 e. The Labute approximate surface area is 97.4 Å². The van der Waals surface area contributed by atoms with Crippen LogP contribution in [0.2, 0.25) is 0 Å². The van der Waals surface area contributed by atoms with Crippen LogP contribution >= 0.6 is 11.9 Å². The van der Waals surface area contributed by atoms with E-state index in [1.54, 1.807) is 10.8 Å². The Hall–Kier alpha value is -1.62. The molecule has 0 aliphatic heterocycles. The van der Waals surface area contributed by atoms with E-state index in [2.05, 4.69) is 4.72 Å². The first kappa shape index (κ1) is 10.9. The average Bonchev–Trinajstić information content (AvgIpc) is 2.63. The first-order valence-corrected chi connectivity index (χ1v) is 6.03. The van der Waals surface area contributed by atoms with Gasteiger partial charge >= 0.3 is 5.97 Å². The Balaban J connectivity index is 2.48. The second kappa shape index (κ2) is 4.49. The van der Waals surface area contributed by atoms with E-state index in [0.29, 0.717) is 0 Å². The molecule has 0 unspecified atom stereocenters. The summed E-state index contributed by atoms with van der Waals surface area (Å²) in [5.41, 5.74) is 1.94. The third-order valence-electron chi connectivity index (χ3n) is 2.33. The number of nitrogens with zero attached hydrogens (tertiary/aromatic N) is 1. The van der Waals surface area contributed by atoms with Crippen molar-refractivity contribution in [1.29, 1.82) is 0 Å². The van der Waals surface area contributed by atoms with Crippen molar-refractivity contribution < 1.29 is 9.90 Å². The summed E-state index contributed by atoms with van der Waals surface area (Å²) >= 11 is 1.52. The molecule has 1 heterocycles. The molecule has 0 aliphatic rings. The molecule has 0 amide bonds. The molecule has 0 aliphatic carbocycles. The van der Waals surface area contributed by atoms with Crippen molar-refractivity contribution in [2.75, 3.05) is 11.0 Å². The molecular weight excluding hydrogens is 224 g/mol.